The number of nitrogens with zero attached hydrogens (tertiary/aromatic N) is 2. The van der Waals surface area contributed by atoms with Crippen LogP contribution < -0.4 is 0 Å². The highest BCUT2D eigenvalue weighted by Gasteiger charge is 2.38. The number of carbonyl (C=O) groups is 3. The number of carbonyl (C=O) groups excluding carboxylic acids is 2. The topological polar surface area (TPSA) is 77.9 Å². The van der Waals surface area contributed by atoms with Crippen LogP contribution in [0.5, 0.6) is 0 Å². The molecular formula is C22H24N2O4. The molecule has 1 heterocycles. The van der Waals surface area contributed by atoms with Crippen LogP contribution in [0.25, 0.3) is 0 Å². The van der Waals surface area contributed by atoms with Gasteiger partial charge in [0.05, 0.1) is 5.92 Å². The molecule has 2 atom stereocenters. The Balaban J connectivity index is 1.66. The van der Waals surface area contributed by atoms with Gasteiger partial charge in [0, 0.05) is 33.0 Å². The molecule has 1 aliphatic rings. The summed E-state index contributed by atoms with van der Waals surface area (Å²) in [6, 6.07) is 17.9. The minimum Gasteiger partial charge on any atom is -0.480 e. The summed E-state index contributed by atoms with van der Waals surface area (Å²) in [5.41, 5.74) is 1.85. The van der Waals surface area contributed by atoms with Crippen LogP contribution in [0.1, 0.15) is 17.5 Å². The molecule has 28 heavy (non-hydrogen) atoms. The lowest BCUT2D eigenvalue weighted by molar-refractivity contribution is -0.150. The van der Waals surface area contributed by atoms with Crippen molar-refractivity contribution in [3.05, 3.63) is 71.8 Å². The summed E-state index contributed by atoms with van der Waals surface area (Å²) in [4.78, 5) is 40.0. The highest BCUT2D eigenvalue weighted by atomic mass is 16.4. The lowest BCUT2D eigenvalue weighted by atomic mass is 10.0. The van der Waals surface area contributed by atoms with Crippen LogP contribution >= 0.6 is 0 Å². The SMILES string of the molecule is CN(C(=O)C1CC(=O)N(Cc2ccccc2)C1)C(Cc1ccccc1)C(=O)O. The molecule has 2 amide bonds. The standard InChI is InChI=1S/C22H24N2O4/c1-23(19(22(27)28)12-16-8-4-2-5-9-16)21(26)18-13-20(25)24(15-18)14-17-10-6-3-7-11-17/h2-11,18-19H,12-15H2,1H3,(H,27,28). The van der Waals surface area contributed by atoms with Gasteiger partial charge >= 0.3 is 5.97 Å². The van der Waals surface area contributed by atoms with Gasteiger partial charge in [-0.3, -0.25) is 9.59 Å². The van der Waals surface area contributed by atoms with E-state index in [0.717, 1.165) is 11.1 Å². The molecule has 2 aromatic rings. The predicted octanol–water partition coefficient (Wildman–Crippen LogP) is 2.19. The van der Waals surface area contributed by atoms with Crippen molar-refractivity contribution in [1.82, 2.24) is 9.80 Å². The Morgan fingerprint density at radius 1 is 1.07 bits per heavy atom. The highest BCUT2D eigenvalue weighted by Crippen LogP contribution is 2.23. The van der Waals surface area contributed by atoms with E-state index in [2.05, 4.69) is 0 Å². The van der Waals surface area contributed by atoms with E-state index in [4.69, 9.17) is 0 Å². The summed E-state index contributed by atoms with van der Waals surface area (Å²) < 4.78 is 0. The van der Waals surface area contributed by atoms with E-state index in [1.807, 2.05) is 60.7 Å². The molecule has 0 aromatic heterocycles. The number of aliphatic carboxylic acids is 1. The first kappa shape index (κ1) is 19.6. The maximum atomic E-state index is 12.9. The quantitative estimate of drug-likeness (QED) is 0.799. The Labute approximate surface area is 164 Å². The van der Waals surface area contributed by atoms with E-state index in [1.54, 1.807) is 4.90 Å². The fraction of sp³-hybridized carbons (Fsp3) is 0.318. The molecule has 6 heteroatoms. The van der Waals surface area contributed by atoms with E-state index in [1.165, 1.54) is 11.9 Å². The van der Waals surface area contributed by atoms with Crippen LogP contribution in [-0.4, -0.2) is 52.3 Å². The maximum Gasteiger partial charge on any atom is 0.326 e. The summed E-state index contributed by atoms with van der Waals surface area (Å²) in [5, 5.41) is 9.62. The van der Waals surface area contributed by atoms with Gasteiger partial charge in [-0.05, 0) is 11.1 Å². The Bertz CT molecular complexity index is 838. The van der Waals surface area contributed by atoms with Crippen molar-refractivity contribution in [2.24, 2.45) is 5.92 Å². The van der Waals surface area contributed by atoms with E-state index < -0.39 is 17.9 Å². The summed E-state index contributed by atoms with van der Waals surface area (Å²) in [6.45, 7) is 0.772. The van der Waals surface area contributed by atoms with E-state index in [-0.39, 0.29) is 24.7 Å². The van der Waals surface area contributed by atoms with Crippen molar-refractivity contribution in [2.45, 2.75) is 25.4 Å². The number of rotatable bonds is 7. The number of carboxylic acids is 1. The molecule has 1 fully saturated rings. The minimum atomic E-state index is -1.05. The second-order valence-electron chi connectivity index (χ2n) is 7.15. The molecule has 0 radical (unpaired) electrons. The van der Waals surface area contributed by atoms with Crippen molar-refractivity contribution >= 4 is 17.8 Å². The fourth-order valence-corrected chi connectivity index (χ4v) is 3.56. The van der Waals surface area contributed by atoms with Crippen LogP contribution in [0.2, 0.25) is 0 Å². The minimum absolute atomic E-state index is 0.0782. The van der Waals surface area contributed by atoms with Crippen molar-refractivity contribution in [1.29, 1.82) is 0 Å². The van der Waals surface area contributed by atoms with Gasteiger partial charge in [-0.25, -0.2) is 4.79 Å². The van der Waals surface area contributed by atoms with Gasteiger partial charge in [0.1, 0.15) is 6.04 Å². The zero-order valence-corrected chi connectivity index (χ0v) is 15.8. The molecule has 2 unspecified atom stereocenters. The lowest BCUT2D eigenvalue weighted by Gasteiger charge is -2.27. The molecule has 6 nitrogen and oxygen atoms in total. The Morgan fingerprint density at radius 3 is 2.21 bits per heavy atom. The molecule has 1 N–H and O–H groups in total. The average Bonchev–Trinajstić information content (AvgIpc) is 3.06. The third-order valence-corrected chi connectivity index (χ3v) is 5.15. The van der Waals surface area contributed by atoms with E-state index in [0.29, 0.717) is 13.1 Å². The van der Waals surface area contributed by atoms with Crippen LogP contribution in [-0.2, 0) is 27.3 Å². The molecule has 0 saturated carbocycles. The van der Waals surface area contributed by atoms with Crippen LogP contribution in [0.4, 0.5) is 0 Å². The smallest absolute Gasteiger partial charge is 0.326 e. The van der Waals surface area contributed by atoms with Gasteiger partial charge in [0.15, 0.2) is 0 Å². The third-order valence-electron chi connectivity index (χ3n) is 5.15. The zero-order valence-electron chi connectivity index (χ0n) is 15.8. The van der Waals surface area contributed by atoms with Crippen LogP contribution in [0, 0.1) is 5.92 Å². The molecule has 3 rings (SSSR count). The Hall–Kier alpha value is -3.15. The Morgan fingerprint density at radius 2 is 1.64 bits per heavy atom. The molecule has 146 valence electrons. The number of hydrogen-bond donors (Lipinski definition) is 1. The molecule has 1 saturated heterocycles. The van der Waals surface area contributed by atoms with E-state index >= 15 is 0 Å². The van der Waals surface area contributed by atoms with Crippen LogP contribution in [0.15, 0.2) is 60.7 Å². The number of amides is 2. The van der Waals surface area contributed by atoms with Crippen LogP contribution in [0.3, 0.4) is 0 Å². The lowest BCUT2D eigenvalue weighted by Crippen LogP contribution is -2.46. The first-order valence-electron chi connectivity index (χ1n) is 9.31. The van der Waals surface area contributed by atoms with Gasteiger partial charge in [-0.15, -0.1) is 0 Å². The maximum absolute atomic E-state index is 12.9. The number of likely N-dealkylation sites (N-methyl/N-ethyl adjacent to an activating group) is 1. The van der Waals surface area contributed by atoms with Crippen molar-refractivity contribution in [2.75, 3.05) is 13.6 Å². The largest absolute Gasteiger partial charge is 0.480 e. The van der Waals surface area contributed by atoms with Gasteiger partial charge in [-0.1, -0.05) is 60.7 Å². The van der Waals surface area contributed by atoms with Gasteiger partial charge in [-0.2, -0.15) is 0 Å². The highest BCUT2D eigenvalue weighted by molar-refractivity contribution is 5.91. The summed E-state index contributed by atoms with van der Waals surface area (Å²) in [6.07, 6.45) is 0.348. The first-order valence-corrected chi connectivity index (χ1v) is 9.31. The number of likely N-dealkylation sites (tertiary alicyclic amines) is 1. The van der Waals surface area contributed by atoms with Crippen molar-refractivity contribution in [3.8, 4) is 0 Å². The summed E-state index contributed by atoms with van der Waals surface area (Å²) >= 11 is 0. The normalized spacial score (nSPS) is 17.4. The third kappa shape index (κ3) is 4.57. The molecule has 0 aliphatic carbocycles. The molecule has 1 aliphatic heterocycles. The molecular weight excluding hydrogens is 356 g/mol. The molecule has 0 spiro atoms. The fourth-order valence-electron chi connectivity index (χ4n) is 3.56. The Kier molecular flexibility index (Phi) is 6.09. The number of hydrogen-bond acceptors (Lipinski definition) is 3. The van der Waals surface area contributed by atoms with Crippen molar-refractivity contribution < 1.29 is 19.5 Å². The molecule has 0 bridgehead atoms. The van der Waals surface area contributed by atoms with Crippen molar-refractivity contribution in [3.63, 3.8) is 0 Å². The van der Waals surface area contributed by atoms with Gasteiger partial charge < -0.3 is 14.9 Å². The average molecular weight is 380 g/mol. The second-order valence-corrected chi connectivity index (χ2v) is 7.15. The summed E-state index contributed by atoms with van der Waals surface area (Å²) in [5.74, 6) is -1.94. The first-order chi connectivity index (χ1) is 13.5. The second kappa shape index (κ2) is 8.69. The van der Waals surface area contributed by atoms with Gasteiger partial charge in [0.25, 0.3) is 0 Å². The van der Waals surface area contributed by atoms with E-state index in [9.17, 15) is 19.5 Å². The number of carboxylic acid groups (broad SMARTS) is 1. The van der Waals surface area contributed by atoms with Gasteiger partial charge in [0.2, 0.25) is 11.8 Å². The number of benzene rings is 2. The molecule has 2 aromatic carbocycles. The zero-order chi connectivity index (χ0) is 20.1. The predicted molar refractivity (Wildman–Crippen MR) is 104 cm³/mol. The summed E-state index contributed by atoms with van der Waals surface area (Å²) in [7, 11) is 1.51. The monoisotopic (exact) mass is 380 g/mol.